The molecule has 5 aromatic rings. The Kier molecular flexibility index (Phi) is 43.4. The minimum atomic E-state index is -2.19. The molecule has 2 aromatic heterocycles. The first-order chi connectivity index (χ1) is 60.5. The summed E-state index contributed by atoms with van der Waals surface area (Å²) < 4.78 is 0. The molecular formula is C82H119N23O21S2. The van der Waals surface area contributed by atoms with E-state index in [4.69, 9.17) is 34.4 Å². The number of para-hydroxylation sites is 2. The fraction of sp³-hybridized carbons (Fsp3) is 0.500. The normalized spacial score (nSPS) is 14.4. The van der Waals surface area contributed by atoms with Gasteiger partial charge in [0.1, 0.15) is 77.7 Å². The van der Waals surface area contributed by atoms with Gasteiger partial charge in [0.15, 0.2) is 0 Å². The number of carbonyl (C=O) groups is 19. The molecule has 0 saturated heterocycles. The second-order valence-electron chi connectivity index (χ2n) is 31.3. The number of aliphatic hydroxyl groups is 1. The van der Waals surface area contributed by atoms with Gasteiger partial charge in [0, 0.05) is 104 Å². The fourth-order valence-electron chi connectivity index (χ4n) is 13.3. The molecule has 20 amide bonds. The van der Waals surface area contributed by atoms with E-state index in [1.165, 1.54) is 37.4 Å². The van der Waals surface area contributed by atoms with Crippen molar-refractivity contribution in [2.45, 2.75) is 215 Å². The number of urea groups is 1. The van der Waals surface area contributed by atoms with Gasteiger partial charge in [0.25, 0.3) is 0 Å². The number of aliphatic hydroxyl groups excluding tert-OH is 1. The summed E-state index contributed by atoms with van der Waals surface area (Å²) >= 11 is 8.48. The van der Waals surface area contributed by atoms with E-state index in [1.807, 2.05) is 0 Å². The lowest BCUT2D eigenvalue weighted by atomic mass is 9.90. The Labute approximate surface area is 747 Å². The van der Waals surface area contributed by atoms with Crippen LogP contribution in [-0.2, 0) is 106 Å². The molecule has 2 heterocycles. The molecule has 0 bridgehead atoms. The predicted octanol–water partition coefficient (Wildman–Crippen LogP) is -5.62. The van der Waals surface area contributed by atoms with Crippen molar-refractivity contribution in [2.75, 3.05) is 37.7 Å². The van der Waals surface area contributed by atoms with Gasteiger partial charge >= 0.3 is 6.03 Å². The second-order valence-corrected chi connectivity index (χ2v) is 32.0. The van der Waals surface area contributed by atoms with E-state index in [0.717, 1.165) is 13.8 Å². The fourth-order valence-corrected chi connectivity index (χ4v) is 13.8. The number of hydrogen-bond acceptors (Lipinski definition) is 24. The molecule has 0 radical (unpaired) electrons. The molecular weight excluding hydrogens is 1710 g/mol. The molecule has 0 fully saturated rings. The van der Waals surface area contributed by atoms with Gasteiger partial charge in [0.05, 0.1) is 19.1 Å². The molecule has 3 aromatic carbocycles. The van der Waals surface area contributed by atoms with Gasteiger partial charge in [-0.3, -0.25) is 86.3 Å². The van der Waals surface area contributed by atoms with Gasteiger partial charge in [-0.05, 0) is 125 Å². The first kappa shape index (κ1) is 105. The van der Waals surface area contributed by atoms with E-state index in [9.17, 15) is 86.9 Å². The van der Waals surface area contributed by atoms with Crippen LogP contribution in [0, 0.1) is 5.92 Å². The molecule has 0 saturated carbocycles. The monoisotopic (exact) mass is 1830 g/mol. The van der Waals surface area contributed by atoms with Crippen LogP contribution < -0.4 is 114 Å². The maximum absolute atomic E-state index is 15.6. The maximum Gasteiger partial charge on any atom is 0.312 e. The third kappa shape index (κ3) is 35.7. The molecule has 0 aliphatic heterocycles. The van der Waals surface area contributed by atoms with Crippen molar-refractivity contribution in [1.82, 2.24) is 89.7 Å². The van der Waals surface area contributed by atoms with Crippen molar-refractivity contribution >= 4 is 159 Å². The number of hydrogen-bond donors (Lipinski definition) is 27. The molecule has 700 valence electrons. The van der Waals surface area contributed by atoms with E-state index in [2.05, 4.69) is 115 Å². The minimum absolute atomic E-state index is 0.0828. The van der Waals surface area contributed by atoms with Gasteiger partial charge in [-0.15, -0.1) is 0 Å². The smallest absolute Gasteiger partial charge is 0.312 e. The van der Waals surface area contributed by atoms with Crippen LogP contribution in [0.3, 0.4) is 0 Å². The highest BCUT2D eigenvalue weighted by atomic mass is 32.1. The van der Waals surface area contributed by atoms with Gasteiger partial charge in [-0.25, -0.2) is 4.79 Å². The number of nitrogens with two attached hydrogens (primary N) is 6. The zero-order valence-corrected chi connectivity index (χ0v) is 73.4. The Morgan fingerprint density at radius 2 is 0.914 bits per heavy atom. The van der Waals surface area contributed by atoms with Crippen molar-refractivity contribution in [3.63, 3.8) is 0 Å². The average molecular weight is 1830 g/mol. The number of rotatable bonds is 57. The largest absolute Gasteiger partial charge is 0.508 e. The number of fused-ring (bicyclic) bond motifs is 2. The zero-order chi connectivity index (χ0) is 95.1. The third-order valence-corrected chi connectivity index (χ3v) is 21.0. The third-order valence-electron chi connectivity index (χ3n) is 20.3. The first-order valence-electron chi connectivity index (χ1n) is 41.4. The van der Waals surface area contributed by atoms with Crippen molar-refractivity contribution in [3.8, 4) is 5.75 Å². The summed E-state index contributed by atoms with van der Waals surface area (Å²) in [5, 5.41) is 59.9. The van der Waals surface area contributed by atoms with Crippen LogP contribution in [0.5, 0.6) is 5.75 Å². The number of benzene rings is 3. The molecule has 13 atom stereocenters. The number of aromatic amines is 2. The number of aromatic nitrogens is 2. The number of nitrogens with one attached hydrogen (secondary N) is 17. The summed E-state index contributed by atoms with van der Waals surface area (Å²) in [7, 11) is 0. The molecule has 5 rings (SSSR count). The molecule has 46 heteroatoms. The molecule has 128 heavy (non-hydrogen) atoms. The van der Waals surface area contributed by atoms with Crippen LogP contribution in [0.25, 0.3) is 21.8 Å². The quantitative estimate of drug-likeness (QED) is 0.0127. The Morgan fingerprint density at radius 1 is 0.438 bits per heavy atom. The lowest BCUT2D eigenvalue weighted by Crippen LogP contribution is -2.65. The predicted molar refractivity (Wildman–Crippen MR) is 473 cm³/mol. The van der Waals surface area contributed by atoms with Gasteiger partial charge < -0.3 is 134 Å². The molecule has 0 aliphatic carbocycles. The standard InChI is InChI=1S/C82H119N23O21S2/c1-42(2)19-24-55(72(117)100-60(35-65(86)111)70(115)93-39-67(113)89-32-29-66(112)95-53(69(87)114)17-10-11-30-83)96-71(116)54(18-12-31-90-81(88)126)103-80(125)82(5,36-47-38-92-52-16-9-7-14-50(47)52)105-78(123)58(33-45-20-22-48(108)23-21-45)99-77(122)62(41-128)102-73(118)56(25-27-63(84)109)97-75(120)59(34-46-37-91-51-15-8-6-13-49(46)51)101-79(124)68(43(3)106)104-74(119)57(26-28-64(85)110)98-76(121)61(40-127)94-44(4)107/h6-9,13-16,20-23,37-38,42-43,53-62,68,91-92,106,108,127-128H,10-12,17-19,24-36,39-41,83H2,1-5H3,(H2,84,109)(H2,85,110)(H2,86,111)(H2,87,114)(H,89,113)(H,93,115)(H,94,107)(H,95,112)(H,96,116)(H,97,120)(H,98,121)(H,99,122)(H,100,117)(H,101,124)(H,102,118)(H,103,125)(H,104,119)(H,105,123)(H3,88,90,126)/t43-,53-,54+,55+,56+,57+,58+,59+,60+,61+,62+,68+,82+/m1/s1. The Bertz CT molecular complexity index is 4740. The minimum Gasteiger partial charge on any atom is -0.508 e. The van der Waals surface area contributed by atoms with E-state index >= 15 is 14.4 Å². The van der Waals surface area contributed by atoms with Gasteiger partial charge in [-0.1, -0.05) is 62.4 Å². The van der Waals surface area contributed by atoms with E-state index in [1.54, 1.807) is 68.6 Å². The number of aromatic hydroxyl groups is 1. The average Bonchev–Trinajstić information content (AvgIpc) is 1.52. The number of phenols is 1. The van der Waals surface area contributed by atoms with Crippen LogP contribution >= 0.6 is 25.3 Å². The lowest BCUT2D eigenvalue weighted by molar-refractivity contribution is -0.138. The summed E-state index contributed by atoms with van der Waals surface area (Å²) in [5.74, 6) is -18.9. The number of thiol groups is 2. The summed E-state index contributed by atoms with van der Waals surface area (Å²) in [6.45, 7) is 6.34. The SMILES string of the molecule is CC(=O)N[C@@H](CS)C(=O)N[C@@H](CCC(N)=O)C(=O)N[C@H](C(=O)N[C@@H](Cc1c[nH]c2ccccc12)C(=O)N[C@@H](CCC(N)=O)C(=O)N[C@@H](CS)C(=O)N[C@@H](Cc1ccc(O)cc1)C(=O)N[C@@](C)(Cc1c[nH]c2ccccc12)C(=O)N[C@@H](CCCNC(N)=O)C(=O)N[C@@H](CCC(C)C)C(=O)N[C@@H](CC(N)=O)C(=O)NCC(=O)NCCC(=O)N[C@H](CCCCN)C(N)=O)[C@@H](C)O. The summed E-state index contributed by atoms with van der Waals surface area (Å²) in [6, 6.07) is 0.259. The van der Waals surface area contributed by atoms with Crippen LogP contribution in [-0.4, -0.2) is 248 Å². The number of amides is 20. The number of carbonyl (C=O) groups excluding carboxylic acids is 19. The Morgan fingerprint density at radius 3 is 1.44 bits per heavy atom. The lowest BCUT2D eigenvalue weighted by Gasteiger charge is -2.34. The van der Waals surface area contributed by atoms with Crippen LogP contribution in [0.4, 0.5) is 4.79 Å². The highest BCUT2D eigenvalue weighted by molar-refractivity contribution is 7.80. The van der Waals surface area contributed by atoms with Crippen LogP contribution in [0.1, 0.15) is 135 Å². The van der Waals surface area contributed by atoms with Crippen LogP contribution in [0.2, 0.25) is 0 Å². The second kappa shape index (κ2) is 52.7. The summed E-state index contributed by atoms with van der Waals surface area (Å²) in [5.41, 5.74) is 33.0. The van der Waals surface area contributed by atoms with Crippen molar-refractivity contribution in [1.29, 1.82) is 0 Å². The topological polar surface area (TPSA) is 733 Å². The molecule has 0 unspecified atom stereocenters. The first-order valence-corrected chi connectivity index (χ1v) is 42.6. The van der Waals surface area contributed by atoms with Gasteiger partial charge in [-0.2, -0.15) is 25.3 Å². The summed E-state index contributed by atoms with van der Waals surface area (Å²) in [4.78, 5) is 265. The molecule has 31 N–H and O–H groups in total. The highest BCUT2D eigenvalue weighted by Crippen LogP contribution is 2.26. The number of H-pyrrole nitrogens is 2. The number of unbranched alkanes of at least 4 members (excludes halogenated alkanes) is 1. The summed E-state index contributed by atoms with van der Waals surface area (Å²) in [6.07, 6.45) is -2.02. The van der Waals surface area contributed by atoms with E-state index in [-0.39, 0.29) is 81.9 Å². The number of phenolic OH excluding ortho intramolecular Hbond substituents is 1. The molecule has 0 aliphatic rings. The molecule has 0 spiro atoms. The van der Waals surface area contributed by atoms with Crippen molar-refractivity contribution in [3.05, 3.63) is 102 Å². The van der Waals surface area contributed by atoms with Crippen LogP contribution in [0.15, 0.2) is 85.2 Å². The zero-order valence-electron chi connectivity index (χ0n) is 71.7. The number of primary amides is 5. The van der Waals surface area contributed by atoms with Gasteiger partial charge in [0.2, 0.25) is 106 Å². The van der Waals surface area contributed by atoms with Crippen molar-refractivity contribution < 1.29 is 101 Å². The van der Waals surface area contributed by atoms with E-state index in [0.29, 0.717) is 57.9 Å². The highest BCUT2D eigenvalue weighted by Gasteiger charge is 2.43. The maximum atomic E-state index is 15.6. The Balaban J connectivity index is 1.47. The van der Waals surface area contributed by atoms with Crippen molar-refractivity contribution in [2.24, 2.45) is 40.3 Å². The Hall–Kier alpha value is -13.1. The van der Waals surface area contributed by atoms with E-state index < -0.39 is 241 Å². The molecule has 44 nitrogen and oxygen atoms in total.